The van der Waals surface area contributed by atoms with Crippen molar-refractivity contribution in [3.63, 3.8) is 0 Å². The van der Waals surface area contributed by atoms with Crippen molar-refractivity contribution in [1.82, 2.24) is 20.0 Å². The summed E-state index contributed by atoms with van der Waals surface area (Å²) in [6.07, 6.45) is 4.01. The number of nitrogens with zero attached hydrogens (tertiary/aromatic N) is 3. The van der Waals surface area contributed by atoms with Gasteiger partial charge in [-0.25, -0.2) is 0 Å². The fourth-order valence-electron chi connectivity index (χ4n) is 2.80. The van der Waals surface area contributed by atoms with E-state index in [4.69, 9.17) is 4.74 Å². The molecule has 23 heavy (non-hydrogen) atoms. The normalized spacial score (nSPS) is 14.0. The average molecular weight is 316 g/mol. The lowest BCUT2D eigenvalue weighted by Gasteiger charge is -2.26. The molecule has 1 heterocycles. The highest BCUT2D eigenvalue weighted by Crippen LogP contribution is 2.27. The molecule has 0 radical (unpaired) electrons. The Labute approximate surface area is 139 Å². The van der Waals surface area contributed by atoms with Gasteiger partial charge in [0, 0.05) is 43.0 Å². The number of aromatic nitrogens is 2. The Hall–Kier alpha value is -1.85. The Balaban J connectivity index is 2.10. The van der Waals surface area contributed by atoms with Gasteiger partial charge in [-0.15, -0.1) is 0 Å². The number of rotatable bonds is 7. The number of hydrogen-bond acceptors (Lipinski definition) is 4. The van der Waals surface area contributed by atoms with E-state index in [0.29, 0.717) is 0 Å². The third kappa shape index (κ3) is 4.33. The zero-order valence-electron chi connectivity index (χ0n) is 15.0. The van der Waals surface area contributed by atoms with Crippen molar-refractivity contribution >= 4 is 0 Å². The Morgan fingerprint density at radius 3 is 2.65 bits per heavy atom. The first kappa shape index (κ1) is 17.5. The average Bonchev–Trinajstić information content (AvgIpc) is 2.93. The molecule has 0 saturated carbocycles. The van der Waals surface area contributed by atoms with E-state index in [2.05, 4.69) is 61.6 Å². The van der Waals surface area contributed by atoms with Crippen LogP contribution in [0.1, 0.15) is 35.7 Å². The molecule has 5 heteroatoms. The summed E-state index contributed by atoms with van der Waals surface area (Å²) in [5.41, 5.74) is 3.65. The molecule has 0 spiro atoms. The number of aryl methyl sites for hydroxylation is 2. The Morgan fingerprint density at radius 1 is 1.35 bits per heavy atom. The molecule has 0 aliphatic rings. The van der Waals surface area contributed by atoms with Crippen molar-refractivity contribution in [3.05, 3.63) is 47.3 Å². The van der Waals surface area contributed by atoms with Crippen molar-refractivity contribution in [2.24, 2.45) is 7.05 Å². The molecule has 1 N–H and O–H groups in total. The van der Waals surface area contributed by atoms with Crippen LogP contribution in [-0.4, -0.2) is 42.4 Å². The summed E-state index contributed by atoms with van der Waals surface area (Å²) < 4.78 is 7.35. The van der Waals surface area contributed by atoms with Crippen LogP contribution in [0.4, 0.5) is 0 Å². The lowest BCUT2D eigenvalue weighted by molar-refractivity contribution is 0.280. The second-order valence-corrected chi connectivity index (χ2v) is 6.30. The lowest BCUT2D eigenvalue weighted by atomic mass is 10.0. The SMILES string of the molecule is COc1ccc(C)cc1[C@H](C)NC[C@@H](c1cnn(C)c1)N(C)C. The van der Waals surface area contributed by atoms with Crippen LogP contribution in [0, 0.1) is 6.92 Å². The van der Waals surface area contributed by atoms with Crippen molar-refractivity contribution in [3.8, 4) is 5.75 Å². The number of hydrogen-bond donors (Lipinski definition) is 1. The molecule has 5 nitrogen and oxygen atoms in total. The largest absolute Gasteiger partial charge is 0.496 e. The predicted octanol–water partition coefficient (Wildman–Crippen LogP) is 2.69. The molecule has 0 bridgehead atoms. The summed E-state index contributed by atoms with van der Waals surface area (Å²) in [4.78, 5) is 2.21. The van der Waals surface area contributed by atoms with Gasteiger partial charge in [-0.1, -0.05) is 17.7 Å². The molecule has 0 unspecified atom stereocenters. The smallest absolute Gasteiger partial charge is 0.123 e. The Kier molecular flexibility index (Phi) is 5.80. The molecule has 1 aromatic heterocycles. The molecule has 0 saturated heterocycles. The molecule has 0 aliphatic carbocycles. The van der Waals surface area contributed by atoms with Crippen molar-refractivity contribution in [2.75, 3.05) is 27.7 Å². The van der Waals surface area contributed by atoms with Gasteiger partial charge in [0.1, 0.15) is 5.75 Å². The van der Waals surface area contributed by atoms with Gasteiger partial charge in [0.15, 0.2) is 0 Å². The highest BCUT2D eigenvalue weighted by Gasteiger charge is 2.18. The molecule has 2 atom stereocenters. The van der Waals surface area contributed by atoms with E-state index in [-0.39, 0.29) is 12.1 Å². The first-order chi connectivity index (χ1) is 10.9. The lowest BCUT2D eigenvalue weighted by Crippen LogP contribution is -2.32. The van der Waals surface area contributed by atoms with Gasteiger partial charge in [0.25, 0.3) is 0 Å². The summed E-state index contributed by atoms with van der Waals surface area (Å²) in [6, 6.07) is 6.79. The molecular formula is C18H28N4O. The van der Waals surface area contributed by atoms with Crippen molar-refractivity contribution in [2.45, 2.75) is 25.9 Å². The molecule has 126 valence electrons. The second-order valence-electron chi connectivity index (χ2n) is 6.30. The number of benzene rings is 1. The molecule has 1 aromatic carbocycles. The number of likely N-dealkylation sites (N-methyl/N-ethyl adjacent to an activating group) is 1. The number of methoxy groups -OCH3 is 1. The minimum atomic E-state index is 0.212. The summed E-state index contributed by atoms with van der Waals surface area (Å²) in [5.74, 6) is 0.929. The van der Waals surface area contributed by atoms with Gasteiger partial charge >= 0.3 is 0 Å². The van der Waals surface area contributed by atoms with Crippen LogP contribution in [0.2, 0.25) is 0 Å². The second kappa shape index (κ2) is 7.62. The fourth-order valence-corrected chi connectivity index (χ4v) is 2.80. The zero-order valence-corrected chi connectivity index (χ0v) is 15.0. The highest BCUT2D eigenvalue weighted by atomic mass is 16.5. The van der Waals surface area contributed by atoms with Gasteiger partial charge in [-0.05, 0) is 34.0 Å². The number of nitrogens with one attached hydrogen (secondary N) is 1. The van der Waals surface area contributed by atoms with Gasteiger partial charge in [-0.3, -0.25) is 4.68 Å². The maximum atomic E-state index is 5.50. The summed E-state index contributed by atoms with van der Waals surface area (Å²) in [6.45, 7) is 5.12. The van der Waals surface area contributed by atoms with Crippen LogP contribution in [-0.2, 0) is 7.05 Å². The van der Waals surface area contributed by atoms with Crippen LogP contribution >= 0.6 is 0 Å². The molecule has 2 aromatic rings. The molecule has 2 rings (SSSR count). The molecular weight excluding hydrogens is 288 g/mol. The summed E-state index contributed by atoms with van der Waals surface area (Å²) >= 11 is 0. The Bertz CT molecular complexity index is 636. The van der Waals surface area contributed by atoms with E-state index in [1.54, 1.807) is 7.11 Å². The number of ether oxygens (including phenoxy) is 1. The highest BCUT2D eigenvalue weighted by molar-refractivity contribution is 5.38. The van der Waals surface area contributed by atoms with Crippen LogP contribution in [0.25, 0.3) is 0 Å². The first-order valence-electron chi connectivity index (χ1n) is 7.95. The van der Waals surface area contributed by atoms with Crippen LogP contribution in [0.3, 0.4) is 0 Å². The van der Waals surface area contributed by atoms with E-state index in [1.165, 1.54) is 16.7 Å². The van der Waals surface area contributed by atoms with E-state index >= 15 is 0 Å². The van der Waals surface area contributed by atoms with Gasteiger partial charge in [-0.2, -0.15) is 5.10 Å². The standard InChI is InChI=1S/C18H28N4O/c1-13-7-8-18(23-6)16(9-13)14(2)19-11-17(21(3)4)15-10-20-22(5)12-15/h7-10,12,14,17,19H,11H2,1-6H3/t14-,17-/m0/s1. The van der Waals surface area contributed by atoms with E-state index in [9.17, 15) is 0 Å². The van der Waals surface area contributed by atoms with Gasteiger partial charge in [0.05, 0.1) is 13.3 Å². The minimum Gasteiger partial charge on any atom is -0.496 e. The van der Waals surface area contributed by atoms with Gasteiger partial charge < -0.3 is 15.0 Å². The molecule has 0 amide bonds. The van der Waals surface area contributed by atoms with E-state index < -0.39 is 0 Å². The van der Waals surface area contributed by atoms with Crippen LogP contribution in [0.5, 0.6) is 5.75 Å². The van der Waals surface area contributed by atoms with Crippen LogP contribution in [0.15, 0.2) is 30.6 Å². The molecule has 0 aliphatic heterocycles. The van der Waals surface area contributed by atoms with E-state index in [1.807, 2.05) is 24.0 Å². The van der Waals surface area contributed by atoms with Crippen LogP contribution < -0.4 is 10.1 Å². The Morgan fingerprint density at radius 2 is 2.09 bits per heavy atom. The third-order valence-corrected chi connectivity index (χ3v) is 4.20. The molecule has 0 fully saturated rings. The maximum absolute atomic E-state index is 5.50. The maximum Gasteiger partial charge on any atom is 0.123 e. The third-order valence-electron chi connectivity index (χ3n) is 4.20. The minimum absolute atomic E-state index is 0.212. The topological polar surface area (TPSA) is 42.3 Å². The summed E-state index contributed by atoms with van der Waals surface area (Å²) in [5, 5.41) is 7.92. The first-order valence-corrected chi connectivity index (χ1v) is 7.95. The van der Waals surface area contributed by atoms with Gasteiger partial charge in [0.2, 0.25) is 0 Å². The zero-order chi connectivity index (χ0) is 17.0. The predicted molar refractivity (Wildman–Crippen MR) is 93.8 cm³/mol. The fraction of sp³-hybridized carbons (Fsp3) is 0.500. The quantitative estimate of drug-likeness (QED) is 0.853. The van der Waals surface area contributed by atoms with Crippen molar-refractivity contribution in [1.29, 1.82) is 0 Å². The monoisotopic (exact) mass is 316 g/mol. The summed E-state index contributed by atoms with van der Waals surface area (Å²) in [7, 11) is 7.86. The van der Waals surface area contributed by atoms with Crippen molar-refractivity contribution < 1.29 is 4.74 Å². The van der Waals surface area contributed by atoms with E-state index in [0.717, 1.165) is 12.3 Å².